The molecule has 0 aliphatic carbocycles. The zero-order valence-corrected chi connectivity index (χ0v) is 9.38. The summed E-state index contributed by atoms with van der Waals surface area (Å²) in [6, 6.07) is 1.98. The average Bonchev–Trinajstić information content (AvgIpc) is 2.44. The van der Waals surface area contributed by atoms with E-state index in [1.54, 1.807) is 11.3 Å². The van der Waals surface area contributed by atoms with Crippen molar-refractivity contribution in [2.24, 2.45) is 0 Å². The number of hydrogen-bond donors (Lipinski definition) is 0. The molecule has 1 nitrogen and oxygen atoms in total. The Hall–Kier alpha value is -0.600. The van der Waals surface area contributed by atoms with Crippen LogP contribution in [-0.2, 0) is 0 Å². The topological polar surface area (TPSA) is 12.9 Å². The summed E-state index contributed by atoms with van der Waals surface area (Å²) < 4.78 is 1.22. The Bertz CT molecular complexity index is 473. The molecule has 2 aromatic rings. The number of thiazole rings is 1. The van der Waals surface area contributed by atoms with Crippen molar-refractivity contribution in [1.82, 2.24) is 4.98 Å². The summed E-state index contributed by atoms with van der Waals surface area (Å²) in [5.41, 5.74) is 3.41. The second-order valence-corrected chi connectivity index (χ2v) is 4.82. The highest BCUT2D eigenvalue weighted by atomic mass is 35.5. The van der Waals surface area contributed by atoms with Crippen molar-refractivity contribution in [2.45, 2.75) is 20.8 Å². The lowest BCUT2D eigenvalue weighted by molar-refractivity contribution is 1.32. The molecule has 0 fully saturated rings. The predicted molar refractivity (Wildman–Crippen MR) is 58.8 cm³/mol. The third-order valence-electron chi connectivity index (χ3n) is 2.15. The summed E-state index contributed by atoms with van der Waals surface area (Å²) >= 11 is 7.79. The van der Waals surface area contributed by atoms with E-state index in [9.17, 15) is 0 Å². The number of aromatic nitrogens is 1. The summed E-state index contributed by atoms with van der Waals surface area (Å²) in [6.45, 7) is 6.12. The van der Waals surface area contributed by atoms with Crippen LogP contribution in [-0.4, -0.2) is 4.98 Å². The summed E-state index contributed by atoms with van der Waals surface area (Å²) in [7, 11) is 0. The summed E-state index contributed by atoms with van der Waals surface area (Å²) in [4.78, 5) is 4.47. The fourth-order valence-corrected chi connectivity index (χ4v) is 2.74. The molecule has 0 spiro atoms. The molecule has 0 saturated heterocycles. The van der Waals surface area contributed by atoms with Gasteiger partial charge in [-0.3, -0.25) is 0 Å². The van der Waals surface area contributed by atoms with Gasteiger partial charge in [0, 0.05) is 5.02 Å². The largest absolute Gasteiger partial charge is 0.241 e. The Morgan fingerprint density at radius 3 is 2.69 bits per heavy atom. The van der Waals surface area contributed by atoms with Crippen molar-refractivity contribution >= 4 is 33.2 Å². The first-order valence-electron chi connectivity index (χ1n) is 4.12. The smallest absolute Gasteiger partial charge is 0.0908 e. The van der Waals surface area contributed by atoms with Gasteiger partial charge in [-0.15, -0.1) is 11.3 Å². The Labute approximate surface area is 86.4 Å². The van der Waals surface area contributed by atoms with E-state index in [2.05, 4.69) is 4.98 Å². The molecule has 1 aromatic heterocycles. The number of rotatable bonds is 0. The maximum atomic E-state index is 6.08. The second-order valence-electron chi connectivity index (χ2n) is 3.21. The molecule has 0 unspecified atom stereocenters. The van der Waals surface area contributed by atoms with Gasteiger partial charge in [0.05, 0.1) is 15.2 Å². The monoisotopic (exact) mass is 211 g/mol. The summed E-state index contributed by atoms with van der Waals surface area (Å²) in [5, 5.41) is 1.94. The minimum atomic E-state index is 0.841. The van der Waals surface area contributed by atoms with Gasteiger partial charge in [0.2, 0.25) is 0 Å². The van der Waals surface area contributed by atoms with Gasteiger partial charge in [-0.05, 0) is 38.0 Å². The van der Waals surface area contributed by atoms with Gasteiger partial charge in [0.25, 0.3) is 0 Å². The van der Waals surface area contributed by atoms with Gasteiger partial charge in [0.1, 0.15) is 0 Å². The zero-order valence-electron chi connectivity index (χ0n) is 7.81. The lowest BCUT2D eigenvalue weighted by Gasteiger charge is -2.00. The molecule has 2 rings (SSSR count). The highest BCUT2D eigenvalue weighted by Gasteiger charge is 2.09. The average molecular weight is 212 g/mol. The molecule has 0 amide bonds. The zero-order chi connectivity index (χ0) is 9.59. The molecule has 0 bridgehead atoms. The fourth-order valence-electron chi connectivity index (χ4n) is 1.42. The number of fused-ring (bicyclic) bond motifs is 1. The molecular weight excluding hydrogens is 202 g/mol. The van der Waals surface area contributed by atoms with E-state index < -0.39 is 0 Å². The number of halogens is 1. The Morgan fingerprint density at radius 2 is 2.00 bits per heavy atom. The van der Waals surface area contributed by atoms with Gasteiger partial charge >= 0.3 is 0 Å². The molecule has 0 saturated carbocycles. The SMILES string of the molecule is Cc1nc2c(C)cc(Cl)c(C)c2s1. The lowest BCUT2D eigenvalue weighted by Crippen LogP contribution is -1.81. The van der Waals surface area contributed by atoms with Crippen LogP contribution in [0, 0.1) is 20.8 Å². The van der Waals surface area contributed by atoms with Crippen molar-refractivity contribution < 1.29 is 0 Å². The molecule has 1 heterocycles. The summed E-state index contributed by atoms with van der Waals surface area (Å²) in [6.07, 6.45) is 0. The van der Waals surface area contributed by atoms with Crippen molar-refractivity contribution in [3.8, 4) is 0 Å². The first-order chi connectivity index (χ1) is 6.09. The Balaban J connectivity index is 2.95. The van der Waals surface area contributed by atoms with E-state index in [1.807, 2.05) is 26.8 Å². The number of nitrogens with zero attached hydrogens (tertiary/aromatic N) is 1. The van der Waals surface area contributed by atoms with E-state index in [0.29, 0.717) is 0 Å². The number of hydrogen-bond acceptors (Lipinski definition) is 2. The number of benzene rings is 1. The number of aryl methyl sites for hydroxylation is 3. The van der Waals surface area contributed by atoms with Crippen molar-refractivity contribution in [1.29, 1.82) is 0 Å². The first-order valence-corrected chi connectivity index (χ1v) is 5.32. The van der Waals surface area contributed by atoms with Gasteiger partial charge in [-0.1, -0.05) is 11.6 Å². The van der Waals surface area contributed by atoms with Crippen LogP contribution in [0.2, 0.25) is 5.02 Å². The maximum absolute atomic E-state index is 6.08. The quantitative estimate of drug-likeness (QED) is 0.645. The molecular formula is C10H10ClNS. The van der Waals surface area contributed by atoms with E-state index >= 15 is 0 Å². The van der Waals surface area contributed by atoms with E-state index in [-0.39, 0.29) is 0 Å². The molecule has 13 heavy (non-hydrogen) atoms. The normalized spacial score (nSPS) is 11.1. The van der Waals surface area contributed by atoms with Crippen LogP contribution in [0.15, 0.2) is 6.07 Å². The van der Waals surface area contributed by atoms with Crippen LogP contribution in [0.25, 0.3) is 10.2 Å². The van der Waals surface area contributed by atoms with Gasteiger partial charge in [-0.25, -0.2) is 4.98 Å². The third-order valence-corrected chi connectivity index (χ3v) is 3.63. The van der Waals surface area contributed by atoms with E-state index in [1.165, 1.54) is 4.70 Å². The second kappa shape index (κ2) is 2.96. The van der Waals surface area contributed by atoms with Crippen LogP contribution in [0.3, 0.4) is 0 Å². The van der Waals surface area contributed by atoms with Gasteiger partial charge in [0.15, 0.2) is 0 Å². The molecule has 0 aliphatic heterocycles. The van der Waals surface area contributed by atoms with Crippen LogP contribution < -0.4 is 0 Å². The van der Waals surface area contributed by atoms with Crippen LogP contribution in [0.4, 0.5) is 0 Å². The molecule has 68 valence electrons. The lowest BCUT2D eigenvalue weighted by atomic mass is 10.1. The summed E-state index contributed by atoms with van der Waals surface area (Å²) in [5.74, 6) is 0. The molecule has 0 atom stereocenters. The highest BCUT2D eigenvalue weighted by molar-refractivity contribution is 7.18. The Morgan fingerprint density at radius 1 is 1.31 bits per heavy atom. The minimum Gasteiger partial charge on any atom is -0.241 e. The third kappa shape index (κ3) is 1.34. The van der Waals surface area contributed by atoms with Gasteiger partial charge in [-0.2, -0.15) is 0 Å². The van der Waals surface area contributed by atoms with Crippen LogP contribution in [0.1, 0.15) is 16.1 Å². The molecule has 0 radical (unpaired) electrons. The van der Waals surface area contributed by atoms with Crippen molar-refractivity contribution in [2.75, 3.05) is 0 Å². The van der Waals surface area contributed by atoms with Crippen molar-refractivity contribution in [3.63, 3.8) is 0 Å². The van der Waals surface area contributed by atoms with Crippen LogP contribution >= 0.6 is 22.9 Å². The van der Waals surface area contributed by atoms with Crippen molar-refractivity contribution in [3.05, 3.63) is 27.2 Å². The maximum Gasteiger partial charge on any atom is 0.0908 e. The fraction of sp³-hybridized carbons (Fsp3) is 0.300. The Kier molecular flexibility index (Phi) is 2.05. The first kappa shape index (κ1) is 8.97. The minimum absolute atomic E-state index is 0.841. The standard InChI is InChI=1S/C10H10ClNS/c1-5-4-8(11)6(2)10-9(5)12-7(3)13-10/h4H,1-3H3. The molecule has 3 heteroatoms. The van der Waals surface area contributed by atoms with Crippen LogP contribution in [0.5, 0.6) is 0 Å². The highest BCUT2D eigenvalue weighted by Crippen LogP contribution is 2.32. The van der Waals surface area contributed by atoms with Gasteiger partial charge < -0.3 is 0 Å². The van der Waals surface area contributed by atoms with E-state index in [0.717, 1.165) is 26.7 Å². The molecule has 0 N–H and O–H groups in total. The predicted octanol–water partition coefficient (Wildman–Crippen LogP) is 3.87. The molecule has 1 aromatic carbocycles. The molecule has 0 aliphatic rings. The van der Waals surface area contributed by atoms with E-state index in [4.69, 9.17) is 11.6 Å².